The maximum atomic E-state index is 10.2. The molecule has 2 rings (SSSR count). The standard InChI is InChI=1S/C18H22N4O/c1-3-15-16(11-19)18(22-21-17(15)4-2)20-12-14(23)10-13-8-6-5-7-9-13/h5-9,14,23H,3-4,10,12H2,1-2H3,(H,20,22). The van der Waals surface area contributed by atoms with Gasteiger partial charge in [-0.05, 0) is 24.0 Å². The van der Waals surface area contributed by atoms with Crippen molar-refractivity contribution in [3.63, 3.8) is 0 Å². The fraction of sp³-hybridized carbons (Fsp3) is 0.389. The highest BCUT2D eigenvalue weighted by Gasteiger charge is 2.15. The second-order valence-electron chi connectivity index (χ2n) is 5.39. The van der Waals surface area contributed by atoms with Crippen molar-refractivity contribution < 1.29 is 5.11 Å². The predicted octanol–water partition coefficient (Wildman–Crippen LogP) is 2.49. The Labute approximate surface area is 137 Å². The summed E-state index contributed by atoms with van der Waals surface area (Å²) in [7, 11) is 0. The quantitative estimate of drug-likeness (QED) is 0.821. The van der Waals surface area contributed by atoms with Crippen molar-refractivity contribution in [2.24, 2.45) is 0 Å². The SMILES string of the molecule is CCc1nnc(NCC(O)Cc2ccccc2)c(C#N)c1CC. The van der Waals surface area contributed by atoms with Gasteiger partial charge >= 0.3 is 0 Å². The normalized spacial score (nSPS) is 11.7. The Balaban J connectivity index is 2.07. The molecule has 0 saturated carbocycles. The van der Waals surface area contributed by atoms with Gasteiger partial charge in [0.2, 0.25) is 0 Å². The lowest BCUT2D eigenvalue weighted by atomic mass is 10.0. The molecule has 1 aromatic heterocycles. The molecule has 0 aliphatic heterocycles. The highest BCUT2D eigenvalue weighted by Crippen LogP contribution is 2.20. The molecule has 0 amide bonds. The number of benzene rings is 1. The van der Waals surface area contributed by atoms with Crippen LogP contribution in [0.5, 0.6) is 0 Å². The van der Waals surface area contributed by atoms with Gasteiger partial charge in [0, 0.05) is 13.0 Å². The third-order valence-corrected chi connectivity index (χ3v) is 3.78. The van der Waals surface area contributed by atoms with Gasteiger partial charge < -0.3 is 10.4 Å². The van der Waals surface area contributed by atoms with Crippen LogP contribution in [0.25, 0.3) is 0 Å². The van der Waals surface area contributed by atoms with Gasteiger partial charge in [0.25, 0.3) is 0 Å². The molecular formula is C18H22N4O. The molecule has 1 heterocycles. The van der Waals surface area contributed by atoms with E-state index in [0.29, 0.717) is 24.3 Å². The lowest BCUT2D eigenvalue weighted by Crippen LogP contribution is -2.23. The number of aliphatic hydroxyl groups is 1. The topological polar surface area (TPSA) is 81.8 Å². The lowest BCUT2D eigenvalue weighted by Gasteiger charge is -2.15. The van der Waals surface area contributed by atoms with Gasteiger partial charge in [-0.1, -0.05) is 44.2 Å². The van der Waals surface area contributed by atoms with E-state index in [1.54, 1.807) is 0 Å². The average molecular weight is 310 g/mol. The molecular weight excluding hydrogens is 288 g/mol. The van der Waals surface area contributed by atoms with E-state index in [1.807, 2.05) is 44.2 Å². The minimum Gasteiger partial charge on any atom is -0.391 e. The molecule has 1 unspecified atom stereocenters. The van der Waals surface area contributed by atoms with Crippen LogP contribution < -0.4 is 5.32 Å². The summed E-state index contributed by atoms with van der Waals surface area (Å²) >= 11 is 0. The van der Waals surface area contributed by atoms with E-state index in [0.717, 1.165) is 29.7 Å². The van der Waals surface area contributed by atoms with Crippen LogP contribution >= 0.6 is 0 Å². The first kappa shape index (κ1) is 16.9. The van der Waals surface area contributed by atoms with Gasteiger partial charge in [-0.25, -0.2) is 0 Å². The zero-order valence-electron chi connectivity index (χ0n) is 13.6. The fourth-order valence-corrected chi connectivity index (χ4v) is 2.59. The Kier molecular flexibility index (Phi) is 6.07. The minimum absolute atomic E-state index is 0.326. The van der Waals surface area contributed by atoms with Crippen molar-refractivity contribution in [2.75, 3.05) is 11.9 Å². The van der Waals surface area contributed by atoms with Gasteiger partial charge in [-0.15, -0.1) is 5.10 Å². The van der Waals surface area contributed by atoms with Crippen LogP contribution in [-0.2, 0) is 19.3 Å². The summed E-state index contributed by atoms with van der Waals surface area (Å²) in [5, 5.41) is 31.0. The van der Waals surface area contributed by atoms with Crippen molar-refractivity contribution in [3.8, 4) is 6.07 Å². The number of nitriles is 1. The first-order valence-corrected chi connectivity index (χ1v) is 7.93. The number of rotatable bonds is 7. The van der Waals surface area contributed by atoms with Crippen LogP contribution in [0.15, 0.2) is 30.3 Å². The fourth-order valence-electron chi connectivity index (χ4n) is 2.59. The Morgan fingerprint density at radius 1 is 1.17 bits per heavy atom. The van der Waals surface area contributed by atoms with E-state index >= 15 is 0 Å². The molecule has 23 heavy (non-hydrogen) atoms. The monoisotopic (exact) mass is 310 g/mol. The van der Waals surface area contributed by atoms with E-state index < -0.39 is 6.10 Å². The first-order chi connectivity index (χ1) is 11.2. The highest BCUT2D eigenvalue weighted by atomic mass is 16.3. The van der Waals surface area contributed by atoms with Gasteiger partial charge in [0.05, 0.1) is 11.8 Å². The van der Waals surface area contributed by atoms with Gasteiger partial charge in [0.1, 0.15) is 11.6 Å². The Bertz CT molecular complexity index is 679. The van der Waals surface area contributed by atoms with Gasteiger partial charge in [-0.3, -0.25) is 0 Å². The molecule has 0 aliphatic carbocycles. The number of nitrogens with zero attached hydrogens (tertiary/aromatic N) is 3. The number of aromatic nitrogens is 2. The lowest BCUT2D eigenvalue weighted by molar-refractivity contribution is 0.188. The molecule has 0 spiro atoms. The predicted molar refractivity (Wildman–Crippen MR) is 90.1 cm³/mol. The molecule has 120 valence electrons. The smallest absolute Gasteiger partial charge is 0.167 e. The van der Waals surface area contributed by atoms with E-state index in [2.05, 4.69) is 21.6 Å². The number of hydrogen-bond donors (Lipinski definition) is 2. The van der Waals surface area contributed by atoms with Crippen molar-refractivity contribution in [1.29, 1.82) is 5.26 Å². The summed E-state index contributed by atoms with van der Waals surface area (Å²) in [6.07, 6.45) is 1.49. The van der Waals surface area contributed by atoms with E-state index in [1.165, 1.54) is 0 Å². The maximum Gasteiger partial charge on any atom is 0.167 e. The molecule has 0 aliphatic rings. The second-order valence-corrected chi connectivity index (χ2v) is 5.39. The summed E-state index contributed by atoms with van der Waals surface area (Å²) < 4.78 is 0. The van der Waals surface area contributed by atoms with Gasteiger partial charge in [0.15, 0.2) is 5.82 Å². The molecule has 0 radical (unpaired) electrons. The molecule has 2 aromatic rings. The zero-order chi connectivity index (χ0) is 16.7. The third-order valence-electron chi connectivity index (χ3n) is 3.78. The van der Waals surface area contributed by atoms with Crippen LogP contribution in [0.2, 0.25) is 0 Å². The molecule has 1 aromatic carbocycles. The van der Waals surface area contributed by atoms with E-state index in [-0.39, 0.29) is 0 Å². The molecule has 5 heteroatoms. The molecule has 5 nitrogen and oxygen atoms in total. The van der Waals surface area contributed by atoms with E-state index in [9.17, 15) is 10.4 Å². The molecule has 1 atom stereocenters. The maximum absolute atomic E-state index is 10.2. The number of nitrogens with one attached hydrogen (secondary N) is 1. The molecule has 0 saturated heterocycles. The summed E-state index contributed by atoms with van der Waals surface area (Å²) in [6.45, 7) is 4.33. The van der Waals surface area contributed by atoms with Crippen LogP contribution in [0.4, 0.5) is 5.82 Å². The summed E-state index contributed by atoms with van der Waals surface area (Å²) in [5.41, 5.74) is 3.40. The van der Waals surface area contributed by atoms with Crippen molar-refractivity contribution >= 4 is 5.82 Å². The Morgan fingerprint density at radius 2 is 1.91 bits per heavy atom. The van der Waals surface area contributed by atoms with Gasteiger partial charge in [-0.2, -0.15) is 10.4 Å². The van der Waals surface area contributed by atoms with Crippen molar-refractivity contribution in [3.05, 3.63) is 52.7 Å². The molecule has 0 fully saturated rings. The Morgan fingerprint density at radius 3 is 2.52 bits per heavy atom. The number of hydrogen-bond acceptors (Lipinski definition) is 5. The largest absolute Gasteiger partial charge is 0.391 e. The molecule has 2 N–H and O–H groups in total. The first-order valence-electron chi connectivity index (χ1n) is 7.93. The average Bonchev–Trinajstić information content (AvgIpc) is 2.59. The van der Waals surface area contributed by atoms with Crippen molar-refractivity contribution in [2.45, 2.75) is 39.2 Å². The number of aliphatic hydroxyl groups excluding tert-OH is 1. The van der Waals surface area contributed by atoms with Crippen LogP contribution in [0.1, 0.15) is 36.2 Å². The Hall–Kier alpha value is -2.45. The molecule has 0 bridgehead atoms. The van der Waals surface area contributed by atoms with Crippen LogP contribution in [0, 0.1) is 11.3 Å². The summed E-state index contributed by atoms with van der Waals surface area (Å²) in [6, 6.07) is 12.0. The highest BCUT2D eigenvalue weighted by molar-refractivity contribution is 5.56. The number of anilines is 1. The van der Waals surface area contributed by atoms with E-state index in [4.69, 9.17) is 0 Å². The summed E-state index contributed by atoms with van der Waals surface area (Å²) in [4.78, 5) is 0. The van der Waals surface area contributed by atoms with Crippen LogP contribution in [0.3, 0.4) is 0 Å². The zero-order valence-corrected chi connectivity index (χ0v) is 13.6. The third kappa shape index (κ3) is 4.27. The second kappa shape index (κ2) is 8.25. The summed E-state index contributed by atoms with van der Waals surface area (Å²) in [5.74, 6) is 0.452. The minimum atomic E-state index is -0.554. The van der Waals surface area contributed by atoms with Crippen LogP contribution in [-0.4, -0.2) is 28.0 Å². The number of aryl methyl sites for hydroxylation is 1. The van der Waals surface area contributed by atoms with Crippen molar-refractivity contribution in [1.82, 2.24) is 10.2 Å².